The third-order valence-corrected chi connectivity index (χ3v) is 4.29. The molecule has 28 heavy (non-hydrogen) atoms. The van der Waals surface area contributed by atoms with E-state index in [1.807, 2.05) is 4.90 Å². The first-order valence-electron chi connectivity index (χ1n) is 8.92. The summed E-state index contributed by atoms with van der Waals surface area (Å²) in [6, 6.07) is 4.78. The fourth-order valence-corrected chi connectivity index (χ4v) is 2.73. The summed E-state index contributed by atoms with van der Waals surface area (Å²) in [5.41, 5.74) is 0.710. The number of carbonyl (C=O) groups excluding carboxylic acids is 1. The summed E-state index contributed by atoms with van der Waals surface area (Å²) in [6.45, 7) is 4.16. The second-order valence-corrected chi connectivity index (χ2v) is 6.23. The Labute approximate surface area is 163 Å². The molecular formula is C18H25N3O7. The summed E-state index contributed by atoms with van der Waals surface area (Å²) < 4.78 is 10.3. The van der Waals surface area contributed by atoms with E-state index < -0.39 is 11.1 Å². The van der Waals surface area contributed by atoms with Crippen LogP contribution >= 0.6 is 0 Å². The van der Waals surface area contributed by atoms with Crippen LogP contribution in [0.15, 0.2) is 24.3 Å². The molecule has 0 atom stereocenters. The van der Waals surface area contributed by atoms with Gasteiger partial charge in [-0.3, -0.25) is 4.90 Å². The van der Waals surface area contributed by atoms with E-state index in [0.717, 1.165) is 32.7 Å². The maximum Gasteiger partial charge on any atom is 0.332 e. The normalized spacial score (nSPS) is 15.5. The maximum atomic E-state index is 11.9. The molecule has 0 aliphatic carbocycles. The van der Waals surface area contributed by atoms with Crippen LogP contribution in [-0.2, 0) is 14.4 Å². The van der Waals surface area contributed by atoms with Crippen molar-refractivity contribution in [3.8, 4) is 11.5 Å². The predicted octanol–water partition coefficient (Wildman–Crippen LogP) is 1.13. The van der Waals surface area contributed by atoms with Crippen molar-refractivity contribution in [1.29, 1.82) is 0 Å². The van der Waals surface area contributed by atoms with Crippen LogP contribution in [0.2, 0.25) is 0 Å². The second kappa shape index (κ2) is 11.1. The molecule has 10 heteroatoms. The van der Waals surface area contributed by atoms with E-state index in [0.29, 0.717) is 17.7 Å². The molecule has 0 radical (unpaired) electrons. The van der Waals surface area contributed by atoms with Crippen molar-refractivity contribution >= 4 is 12.0 Å². The molecule has 1 heterocycles. The minimum atomic E-state index is -0.779. The zero-order valence-corrected chi connectivity index (χ0v) is 15.8. The van der Waals surface area contributed by atoms with Gasteiger partial charge >= 0.3 is 5.97 Å². The lowest BCUT2D eigenvalue weighted by molar-refractivity contribution is -0.757. The number of methoxy groups -OCH3 is 1. The zero-order valence-electron chi connectivity index (χ0n) is 15.8. The molecule has 0 bridgehead atoms. The Morgan fingerprint density at radius 1 is 1.29 bits per heavy atom. The standard InChI is InChI=1S/C18H25N3O7/c1-26-17-13-15(3-5-16(17)22)4-6-18(23)27-14-20-10-8-19(9-11-20)7-2-12-28-21(24)25/h3-6,13,22H,2,7-12,14H2,1H3. The Balaban J connectivity index is 1.65. The van der Waals surface area contributed by atoms with Crippen LogP contribution in [0.25, 0.3) is 6.08 Å². The quantitative estimate of drug-likeness (QED) is 0.205. The molecule has 10 nitrogen and oxygen atoms in total. The molecular weight excluding hydrogens is 370 g/mol. The molecule has 0 saturated carbocycles. The maximum absolute atomic E-state index is 11.9. The van der Waals surface area contributed by atoms with Gasteiger partial charge in [0.25, 0.3) is 5.09 Å². The molecule has 1 fully saturated rings. The number of phenols is 1. The van der Waals surface area contributed by atoms with Crippen molar-refractivity contribution in [2.45, 2.75) is 6.42 Å². The van der Waals surface area contributed by atoms with Crippen LogP contribution in [0.1, 0.15) is 12.0 Å². The molecule has 1 saturated heterocycles. The number of hydrogen-bond donors (Lipinski definition) is 1. The Morgan fingerprint density at radius 2 is 2.00 bits per heavy atom. The molecule has 0 unspecified atom stereocenters. The van der Waals surface area contributed by atoms with E-state index in [1.165, 1.54) is 19.3 Å². The van der Waals surface area contributed by atoms with E-state index >= 15 is 0 Å². The van der Waals surface area contributed by atoms with E-state index in [-0.39, 0.29) is 19.1 Å². The van der Waals surface area contributed by atoms with E-state index in [2.05, 4.69) is 9.74 Å². The lowest BCUT2D eigenvalue weighted by Crippen LogP contribution is -2.47. The highest BCUT2D eigenvalue weighted by Gasteiger charge is 2.17. The average Bonchev–Trinajstić information content (AvgIpc) is 2.69. The largest absolute Gasteiger partial charge is 0.504 e. The molecule has 1 aliphatic heterocycles. The summed E-state index contributed by atoms with van der Waals surface area (Å²) in [7, 11) is 1.46. The molecule has 1 aliphatic rings. The van der Waals surface area contributed by atoms with Gasteiger partial charge in [0.2, 0.25) is 0 Å². The highest BCUT2D eigenvalue weighted by atomic mass is 16.9. The van der Waals surface area contributed by atoms with Gasteiger partial charge in [0.1, 0.15) is 6.73 Å². The van der Waals surface area contributed by atoms with Crippen LogP contribution in [0.3, 0.4) is 0 Å². The Bertz CT molecular complexity index is 688. The van der Waals surface area contributed by atoms with E-state index in [9.17, 15) is 20.0 Å². The molecule has 1 aromatic rings. The van der Waals surface area contributed by atoms with Gasteiger partial charge in [0.05, 0.1) is 13.7 Å². The fourth-order valence-electron chi connectivity index (χ4n) is 2.73. The molecule has 1 aromatic carbocycles. The van der Waals surface area contributed by atoms with Crippen molar-refractivity contribution in [2.75, 3.05) is 53.2 Å². The summed E-state index contributed by atoms with van der Waals surface area (Å²) in [5.74, 6) is -0.0867. The molecule has 0 aromatic heterocycles. The number of aromatic hydroxyl groups is 1. The molecule has 0 spiro atoms. The Hall–Kier alpha value is -2.85. The highest BCUT2D eigenvalue weighted by molar-refractivity contribution is 5.87. The summed E-state index contributed by atoms with van der Waals surface area (Å²) in [5, 5.41) is 18.9. The van der Waals surface area contributed by atoms with Crippen molar-refractivity contribution in [2.24, 2.45) is 0 Å². The first-order valence-corrected chi connectivity index (χ1v) is 8.92. The van der Waals surface area contributed by atoms with Gasteiger partial charge in [-0.25, -0.2) is 4.79 Å². The fraction of sp³-hybridized carbons (Fsp3) is 0.500. The van der Waals surface area contributed by atoms with Gasteiger partial charge in [0, 0.05) is 38.8 Å². The number of hydrogen-bond acceptors (Lipinski definition) is 9. The first kappa shape index (κ1) is 21.5. The number of esters is 1. The van der Waals surface area contributed by atoms with Crippen molar-refractivity contribution in [3.63, 3.8) is 0 Å². The zero-order chi connectivity index (χ0) is 20.4. The summed E-state index contributed by atoms with van der Waals surface area (Å²) in [4.78, 5) is 30.5. The van der Waals surface area contributed by atoms with Crippen molar-refractivity contribution in [3.05, 3.63) is 40.0 Å². The van der Waals surface area contributed by atoms with Crippen LogP contribution in [0, 0.1) is 10.1 Å². The molecule has 0 amide bonds. The van der Waals surface area contributed by atoms with Gasteiger partial charge in [-0.05, 0) is 30.2 Å². The van der Waals surface area contributed by atoms with Gasteiger partial charge < -0.3 is 24.3 Å². The number of rotatable bonds is 10. The number of nitrogens with zero attached hydrogens (tertiary/aromatic N) is 3. The molecule has 1 N–H and O–H groups in total. The first-order chi connectivity index (χ1) is 13.5. The number of phenolic OH excluding ortho intramolecular Hbond substituents is 1. The van der Waals surface area contributed by atoms with E-state index in [1.54, 1.807) is 18.2 Å². The smallest absolute Gasteiger partial charge is 0.332 e. The number of benzene rings is 1. The van der Waals surface area contributed by atoms with Gasteiger partial charge in [0.15, 0.2) is 11.5 Å². The predicted molar refractivity (Wildman–Crippen MR) is 100 cm³/mol. The molecule has 154 valence electrons. The number of carbonyl (C=O) groups is 1. The average molecular weight is 395 g/mol. The third kappa shape index (κ3) is 7.41. The van der Waals surface area contributed by atoms with Gasteiger partial charge in [-0.2, -0.15) is 0 Å². The monoisotopic (exact) mass is 395 g/mol. The SMILES string of the molecule is COc1cc(C=CC(=O)OCN2CCN(CCCO[N+](=O)[O-])CC2)ccc1O. The topological polar surface area (TPSA) is 115 Å². The van der Waals surface area contributed by atoms with Gasteiger partial charge in [-0.15, -0.1) is 10.1 Å². The lowest BCUT2D eigenvalue weighted by atomic mass is 10.2. The minimum absolute atomic E-state index is 0.0340. The van der Waals surface area contributed by atoms with Crippen LogP contribution in [-0.4, -0.2) is 79.1 Å². The van der Waals surface area contributed by atoms with Crippen LogP contribution < -0.4 is 4.74 Å². The highest BCUT2D eigenvalue weighted by Crippen LogP contribution is 2.26. The van der Waals surface area contributed by atoms with E-state index in [4.69, 9.17) is 9.47 Å². The summed E-state index contributed by atoms with van der Waals surface area (Å²) >= 11 is 0. The Morgan fingerprint density at radius 3 is 2.68 bits per heavy atom. The van der Waals surface area contributed by atoms with Gasteiger partial charge in [-0.1, -0.05) is 6.07 Å². The Kier molecular flexibility index (Phi) is 8.50. The number of ether oxygens (including phenoxy) is 2. The number of piperazine rings is 1. The minimum Gasteiger partial charge on any atom is -0.504 e. The van der Waals surface area contributed by atoms with Crippen molar-refractivity contribution in [1.82, 2.24) is 9.80 Å². The third-order valence-electron chi connectivity index (χ3n) is 4.29. The second-order valence-electron chi connectivity index (χ2n) is 6.23. The molecule has 2 rings (SSSR count). The lowest BCUT2D eigenvalue weighted by Gasteiger charge is -2.33. The van der Waals surface area contributed by atoms with Crippen LogP contribution in [0.4, 0.5) is 0 Å². The van der Waals surface area contributed by atoms with Crippen LogP contribution in [0.5, 0.6) is 11.5 Å². The van der Waals surface area contributed by atoms with Crippen molar-refractivity contribution < 1.29 is 29.3 Å². The summed E-state index contributed by atoms with van der Waals surface area (Å²) in [6.07, 6.45) is 3.52.